The van der Waals surface area contributed by atoms with Gasteiger partial charge in [-0.2, -0.15) is 0 Å². The molecule has 0 saturated heterocycles. The zero-order chi connectivity index (χ0) is 7.28. The quantitative estimate of drug-likeness (QED) is 0.388. The molecule has 0 aliphatic carbocycles. The van der Waals surface area contributed by atoms with Crippen LogP contribution in [0.15, 0.2) is 0 Å². The maximum atomic E-state index is 4.78. The van der Waals surface area contributed by atoms with E-state index in [-0.39, 0.29) is 6.10 Å². The van der Waals surface area contributed by atoms with Gasteiger partial charge in [-0.15, -0.1) is 0 Å². The third-order valence-corrected chi connectivity index (χ3v) is 1.02. The van der Waals surface area contributed by atoms with Gasteiger partial charge >= 0.3 is 0 Å². The van der Waals surface area contributed by atoms with Gasteiger partial charge < -0.3 is 4.74 Å². The van der Waals surface area contributed by atoms with Crippen LogP contribution in [0.4, 0.5) is 0 Å². The lowest BCUT2D eigenvalue weighted by Gasteiger charge is -2.17. The molecule has 9 heavy (non-hydrogen) atoms. The Hall–Kier alpha value is -0.200. The first-order valence-electron chi connectivity index (χ1n) is 2.50. The largest absolute Gasteiger partial charge is 0.376 e. The Labute approximate surface area is 53.8 Å². The molecule has 5 heteroatoms. The predicted molar refractivity (Wildman–Crippen MR) is 30.8 cm³/mol. The Bertz CT molecular complexity index is 66.8. The number of nitrogens with two attached hydrogens (primary N) is 2. The summed E-state index contributed by atoms with van der Waals surface area (Å²) >= 11 is 0. The molecule has 1 unspecified atom stereocenters. The average molecular weight is 136 g/mol. The standard InChI is InChI=1S/C4H12N2O3/c1-3(7-2)4(8-5)9-6/h3-4H,5-6H2,1-2H3. The van der Waals surface area contributed by atoms with Crippen molar-refractivity contribution in [1.29, 1.82) is 0 Å². The second-order valence-electron chi connectivity index (χ2n) is 1.58. The van der Waals surface area contributed by atoms with Crippen LogP contribution >= 0.6 is 0 Å². The van der Waals surface area contributed by atoms with Gasteiger partial charge in [0.1, 0.15) is 6.10 Å². The molecule has 0 saturated carbocycles. The van der Waals surface area contributed by atoms with Gasteiger partial charge in [-0.1, -0.05) is 0 Å². The van der Waals surface area contributed by atoms with E-state index in [1.54, 1.807) is 6.92 Å². The highest BCUT2D eigenvalue weighted by molar-refractivity contribution is 4.50. The van der Waals surface area contributed by atoms with Crippen LogP contribution in [0.1, 0.15) is 6.92 Å². The summed E-state index contributed by atoms with van der Waals surface area (Å²) in [6, 6.07) is 0. The highest BCUT2D eigenvalue weighted by Gasteiger charge is 2.15. The van der Waals surface area contributed by atoms with Gasteiger partial charge in [-0.3, -0.25) is 9.68 Å². The van der Waals surface area contributed by atoms with Crippen LogP contribution in [0.2, 0.25) is 0 Å². The lowest BCUT2D eigenvalue weighted by molar-refractivity contribution is -0.201. The molecule has 0 bridgehead atoms. The molecule has 0 radical (unpaired) electrons. The first kappa shape index (κ1) is 8.80. The summed E-state index contributed by atoms with van der Waals surface area (Å²) < 4.78 is 4.78. The van der Waals surface area contributed by atoms with E-state index in [4.69, 9.17) is 16.5 Å². The molecule has 5 nitrogen and oxygen atoms in total. The van der Waals surface area contributed by atoms with Crippen LogP contribution in [0.3, 0.4) is 0 Å². The lowest BCUT2D eigenvalue weighted by Crippen LogP contribution is -2.35. The van der Waals surface area contributed by atoms with Crippen molar-refractivity contribution < 1.29 is 14.4 Å². The number of ether oxygens (including phenoxy) is 1. The molecule has 0 aromatic rings. The van der Waals surface area contributed by atoms with Crippen molar-refractivity contribution in [1.82, 2.24) is 0 Å². The monoisotopic (exact) mass is 136 g/mol. The van der Waals surface area contributed by atoms with E-state index in [1.165, 1.54) is 7.11 Å². The Morgan fingerprint density at radius 2 is 1.67 bits per heavy atom. The summed E-state index contributed by atoms with van der Waals surface area (Å²) in [6.45, 7) is 1.73. The minimum atomic E-state index is -0.699. The molecule has 56 valence electrons. The summed E-state index contributed by atoms with van der Waals surface area (Å²) in [7, 11) is 1.51. The first-order chi connectivity index (χ1) is 4.26. The third kappa shape index (κ3) is 2.73. The summed E-state index contributed by atoms with van der Waals surface area (Å²) in [6.07, 6.45) is -0.963. The van der Waals surface area contributed by atoms with Gasteiger partial charge in [0.25, 0.3) is 0 Å². The molecule has 0 rings (SSSR count). The molecule has 1 atom stereocenters. The van der Waals surface area contributed by atoms with E-state index in [0.29, 0.717) is 0 Å². The number of hydrogen-bond donors (Lipinski definition) is 2. The van der Waals surface area contributed by atoms with Gasteiger partial charge in [0.05, 0.1) is 0 Å². The zero-order valence-electron chi connectivity index (χ0n) is 5.53. The number of methoxy groups -OCH3 is 1. The first-order valence-corrected chi connectivity index (χ1v) is 2.50. The van der Waals surface area contributed by atoms with Crippen LogP contribution in [0, 0.1) is 0 Å². The highest BCUT2D eigenvalue weighted by atomic mass is 16.8. The Morgan fingerprint density at radius 1 is 1.22 bits per heavy atom. The van der Waals surface area contributed by atoms with Crippen molar-refractivity contribution in [3.05, 3.63) is 0 Å². The maximum Gasteiger partial charge on any atom is 0.221 e. The van der Waals surface area contributed by atoms with Crippen molar-refractivity contribution in [2.45, 2.75) is 19.3 Å². The summed E-state index contributed by atoms with van der Waals surface area (Å²) in [5.41, 5.74) is 0. The predicted octanol–water partition coefficient (Wildman–Crippen LogP) is -0.872. The van der Waals surface area contributed by atoms with E-state index in [0.717, 1.165) is 0 Å². The van der Waals surface area contributed by atoms with Crippen LogP contribution in [-0.4, -0.2) is 19.5 Å². The summed E-state index contributed by atoms with van der Waals surface area (Å²) in [4.78, 5) is 8.56. The van der Waals surface area contributed by atoms with Crippen molar-refractivity contribution >= 4 is 0 Å². The molecule has 0 aliphatic rings. The molecular weight excluding hydrogens is 124 g/mol. The molecule has 0 heterocycles. The summed E-state index contributed by atoms with van der Waals surface area (Å²) in [5, 5.41) is 0. The SMILES string of the molecule is COC(C)C(ON)ON. The minimum Gasteiger partial charge on any atom is -0.376 e. The molecule has 4 N–H and O–H groups in total. The molecule has 0 amide bonds. The molecule has 0 fully saturated rings. The number of hydrogen-bond acceptors (Lipinski definition) is 5. The average Bonchev–Trinajstić information content (AvgIpc) is 1.90. The fourth-order valence-electron chi connectivity index (χ4n) is 0.364. The second-order valence-corrected chi connectivity index (χ2v) is 1.58. The van der Waals surface area contributed by atoms with Gasteiger partial charge in [0.2, 0.25) is 6.29 Å². The lowest BCUT2D eigenvalue weighted by atomic mass is 10.4. The fourth-order valence-corrected chi connectivity index (χ4v) is 0.364. The number of rotatable bonds is 4. The molecule has 0 aliphatic heterocycles. The van der Waals surface area contributed by atoms with E-state index in [9.17, 15) is 0 Å². The van der Waals surface area contributed by atoms with E-state index < -0.39 is 6.29 Å². The zero-order valence-corrected chi connectivity index (χ0v) is 5.53. The maximum absolute atomic E-state index is 4.78. The van der Waals surface area contributed by atoms with Crippen LogP contribution < -0.4 is 11.8 Å². The van der Waals surface area contributed by atoms with Crippen LogP contribution in [-0.2, 0) is 14.4 Å². The van der Waals surface area contributed by atoms with Crippen molar-refractivity contribution in [3.63, 3.8) is 0 Å². The highest BCUT2D eigenvalue weighted by Crippen LogP contribution is 1.98. The van der Waals surface area contributed by atoms with Gasteiger partial charge in [0.15, 0.2) is 0 Å². The molecule has 0 aromatic carbocycles. The van der Waals surface area contributed by atoms with Crippen molar-refractivity contribution in [3.8, 4) is 0 Å². The van der Waals surface area contributed by atoms with Crippen molar-refractivity contribution in [2.24, 2.45) is 11.8 Å². The van der Waals surface area contributed by atoms with Gasteiger partial charge in [-0.25, -0.2) is 11.8 Å². The smallest absolute Gasteiger partial charge is 0.221 e. The van der Waals surface area contributed by atoms with Crippen LogP contribution in [0.25, 0.3) is 0 Å². The Balaban J connectivity index is 3.50. The van der Waals surface area contributed by atoms with Crippen molar-refractivity contribution in [2.75, 3.05) is 7.11 Å². The minimum absolute atomic E-state index is 0.264. The third-order valence-electron chi connectivity index (χ3n) is 1.02. The molecular formula is C4H12N2O3. The molecule has 0 aromatic heterocycles. The summed E-state index contributed by atoms with van der Waals surface area (Å²) in [5.74, 6) is 9.55. The topological polar surface area (TPSA) is 79.7 Å². The van der Waals surface area contributed by atoms with Crippen LogP contribution in [0.5, 0.6) is 0 Å². The normalized spacial score (nSPS) is 14.3. The van der Waals surface area contributed by atoms with Gasteiger partial charge in [0, 0.05) is 7.11 Å². The van der Waals surface area contributed by atoms with E-state index >= 15 is 0 Å². The Morgan fingerprint density at radius 3 is 1.78 bits per heavy atom. The molecule has 0 spiro atoms. The van der Waals surface area contributed by atoms with Gasteiger partial charge in [-0.05, 0) is 6.92 Å². The Kier molecular flexibility index (Phi) is 4.55. The second kappa shape index (κ2) is 4.66. The van der Waals surface area contributed by atoms with E-state index in [2.05, 4.69) is 9.68 Å². The van der Waals surface area contributed by atoms with E-state index in [1.807, 2.05) is 0 Å². The fraction of sp³-hybridized carbons (Fsp3) is 1.00.